The minimum Gasteiger partial charge on any atom is -0.309 e. The first-order valence-corrected chi connectivity index (χ1v) is 14.1. The van der Waals surface area contributed by atoms with Gasteiger partial charge in [0.15, 0.2) is 0 Å². The summed E-state index contributed by atoms with van der Waals surface area (Å²) < 4.78 is 2.52. The van der Waals surface area contributed by atoms with Crippen molar-refractivity contribution >= 4 is 54.1 Å². The van der Waals surface area contributed by atoms with Gasteiger partial charge in [0.25, 0.3) is 0 Å². The van der Waals surface area contributed by atoms with Gasteiger partial charge in [-0.1, -0.05) is 123 Å². The van der Waals surface area contributed by atoms with Crippen LogP contribution in [-0.4, -0.2) is 4.57 Å². The third kappa shape index (κ3) is 2.67. The zero-order chi connectivity index (χ0) is 26.6. The first kappa shape index (κ1) is 22.0. The maximum absolute atomic E-state index is 2.52. The van der Waals surface area contributed by atoms with E-state index in [1.165, 1.54) is 82.1 Å². The lowest BCUT2D eigenvalue weighted by Gasteiger charge is -2.21. The Morgan fingerprint density at radius 1 is 0.450 bits per heavy atom. The Kier molecular flexibility index (Phi) is 4.18. The molecule has 0 atom stereocenters. The van der Waals surface area contributed by atoms with E-state index >= 15 is 0 Å². The van der Waals surface area contributed by atoms with Crippen molar-refractivity contribution in [3.63, 3.8) is 0 Å². The molecule has 0 spiro atoms. The molecule has 1 nitrogen and oxygen atoms in total. The van der Waals surface area contributed by atoms with Gasteiger partial charge in [0, 0.05) is 27.4 Å². The maximum Gasteiger partial charge on any atom is 0.0622 e. The molecule has 1 aliphatic rings. The predicted molar refractivity (Wildman–Crippen MR) is 171 cm³/mol. The quantitative estimate of drug-likeness (QED) is 0.194. The smallest absolute Gasteiger partial charge is 0.0622 e. The van der Waals surface area contributed by atoms with Crippen LogP contribution in [0.25, 0.3) is 70.9 Å². The molecule has 188 valence electrons. The molecule has 9 rings (SSSR count). The highest BCUT2D eigenvalue weighted by molar-refractivity contribution is 6.26. The van der Waals surface area contributed by atoms with E-state index in [0.29, 0.717) is 0 Å². The van der Waals surface area contributed by atoms with Crippen LogP contribution >= 0.6 is 0 Å². The molecule has 1 heteroatoms. The summed E-state index contributed by atoms with van der Waals surface area (Å²) in [6, 6.07) is 47.3. The summed E-state index contributed by atoms with van der Waals surface area (Å²) in [7, 11) is 0. The van der Waals surface area contributed by atoms with E-state index in [0.717, 1.165) is 0 Å². The van der Waals surface area contributed by atoms with Crippen LogP contribution in [0.4, 0.5) is 0 Å². The molecule has 0 fully saturated rings. The Bertz CT molecular complexity index is 2310. The molecule has 0 saturated carbocycles. The van der Waals surface area contributed by atoms with Crippen molar-refractivity contribution in [2.75, 3.05) is 0 Å². The first-order valence-electron chi connectivity index (χ1n) is 14.1. The molecule has 40 heavy (non-hydrogen) atoms. The third-order valence-corrected chi connectivity index (χ3v) is 9.37. The topological polar surface area (TPSA) is 4.93 Å². The molecule has 0 unspecified atom stereocenters. The monoisotopic (exact) mass is 509 g/mol. The minimum atomic E-state index is -0.0418. The largest absolute Gasteiger partial charge is 0.309 e. The van der Waals surface area contributed by atoms with E-state index in [2.05, 4.69) is 146 Å². The molecular weight excluding hydrogens is 482 g/mol. The van der Waals surface area contributed by atoms with Gasteiger partial charge in [-0.25, -0.2) is 0 Å². The molecule has 1 heterocycles. The zero-order valence-electron chi connectivity index (χ0n) is 22.6. The second-order valence-corrected chi connectivity index (χ2v) is 11.7. The summed E-state index contributed by atoms with van der Waals surface area (Å²) in [6.07, 6.45) is 0. The molecule has 8 aromatic rings. The lowest BCUT2D eigenvalue weighted by Crippen LogP contribution is -2.14. The molecular formula is C39H27N. The van der Waals surface area contributed by atoms with Crippen LogP contribution in [-0.2, 0) is 5.41 Å². The van der Waals surface area contributed by atoms with Crippen LogP contribution < -0.4 is 0 Å². The van der Waals surface area contributed by atoms with Crippen LogP contribution in [0.1, 0.15) is 25.0 Å². The zero-order valence-corrected chi connectivity index (χ0v) is 22.6. The highest BCUT2D eigenvalue weighted by atomic mass is 15.0. The van der Waals surface area contributed by atoms with Gasteiger partial charge in [-0.3, -0.25) is 0 Å². The van der Waals surface area contributed by atoms with Crippen LogP contribution in [0, 0.1) is 0 Å². The lowest BCUT2D eigenvalue weighted by molar-refractivity contribution is 0.661. The summed E-state index contributed by atoms with van der Waals surface area (Å²) in [5.74, 6) is 0. The second kappa shape index (κ2) is 7.61. The van der Waals surface area contributed by atoms with E-state index in [1.54, 1.807) is 0 Å². The van der Waals surface area contributed by atoms with E-state index in [4.69, 9.17) is 0 Å². The Balaban J connectivity index is 1.47. The van der Waals surface area contributed by atoms with Crippen molar-refractivity contribution in [3.05, 3.63) is 139 Å². The minimum absolute atomic E-state index is 0.0418. The van der Waals surface area contributed by atoms with E-state index in [9.17, 15) is 0 Å². The Morgan fingerprint density at radius 2 is 1.00 bits per heavy atom. The number of hydrogen-bond donors (Lipinski definition) is 0. The van der Waals surface area contributed by atoms with Gasteiger partial charge in [0.2, 0.25) is 0 Å². The van der Waals surface area contributed by atoms with Crippen LogP contribution in [0.2, 0.25) is 0 Å². The molecule has 7 aromatic carbocycles. The van der Waals surface area contributed by atoms with Gasteiger partial charge < -0.3 is 4.57 Å². The number of benzene rings is 7. The predicted octanol–water partition coefficient (Wildman–Crippen LogP) is 10.5. The molecule has 0 radical (unpaired) electrons. The van der Waals surface area contributed by atoms with Gasteiger partial charge >= 0.3 is 0 Å². The van der Waals surface area contributed by atoms with Gasteiger partial charge in [0.1, 0.15) is 0 Å². The second-order valence-electron chi connectivity index (χ2n) is 11.7. The molecule has 1 aromatic heterocycles. The highest BCUT2D eigenvalue weighted by Gasteiger charge is 2.37. The van der Waals surface area contributed by atoms with Crippen LogP contribution in [0.3, 0.4) is 0 Å². The third-order valence-electron chi connectivity index (χ3n) is 9.37. The van der Waals surface area contributed by atoms with Gasteiger partial charge in [-0.05, 0) is 67.2 Å². The average Bonchev–Trinajstić information content (AvgIpc) is 3.46. The summed E-state index contributed by atoms with van der Waals surface area (Å²) in [5.41, 5.74) is 9.26. The molecule has 0 saturated heterocycles. The molecule has 0 amide bonds. The van der Waals surface area contributed by atoms with E-state index in [-0.39, 0.29) is 5.41 Å². The summed E-state index contributed by atoms with van der Waals surface area (Å²) >= 11 is 0. The van der Waals surface area contributed by atoms with Crippen molar-refractivity contribution in [1.29, 1.82) is 0 Å². The fraction of sp³-hybridized carbons (Fsp3) is 0.0769. The van der Waals surface area contributed by atoms with E-state index < -0.39 is 0 Å². The molecule has 0 aliphatic heterocycles. The number of hydrogen-bond acceptors (Lipinski definition) is 0. The fourth-order valence-corrected chi connectivity index (χ4v) is 7.55. The molecule has 0 N–H and O–H groups in total. The number of fused-ring (bicyclic) bond motifs is 13. The maximum atomic E-state index is 2.52. The number of para-hydroxylation sites is 1. The number of nitrogens with zero attached hydrogens (tertiary/aromatic N) is 1. The lowest BCUT2D eigenvalue weighted by atomic mass is 9.82. The van der Waals surface area contributed by atoms with Crippen LogP contribution in [0.15, 0.2) is 127 Å². The summed E-state index contributed by atoms with van der Waals surface area (Å²) in [5, 5.41) is 10.4. The first-order chi connectivity index (χ1) is 19.6. The van der Waals surface area contributed by atoms with Crippen molar-refractivity contribution < 1.29 is 0 Å². The van der Waals surface area contributed by atoms with Gasteiger partial charge in [-0.2, -0.15) is 0 Å². The molecule has 0 bridgehead atoms. The van der Waals surface area contributed by atoms with Crippen molar-refractivity contribution in [1.82, 2.24) is 4.57 Å². The van der Waals surface area contributed by atoms with Gasteiger partial charge in [0.05, 0.1) is 11.0 Å². The fourth-order valence-electron chi connectivity index (χ4n) is 7.55. The number of rotatable bonds is 1. The Morgan fingerprint density at radius 3 is 1.73 bits per heavy atom. The van der Waals surface area contributed by atoms with Crippen molar-refractivity contribution in [3.8, 4) is 16.8 Å². The standard InChI is InChI=1S/C39H27N/c1-39(2)34-17-9-7-16-32(34)37-35(39)22-21-31-30-15-8-10-18-36(30)40(38(31)37)24-19-20-29-27-13-4-3-11-25(27)26-12-5-6-14-28(26)33(29)23-24/h3-23H,1-2H3. The van der Waals surface area contributed by atoms with Crippen molar-refractivity contribution in [2.45, 2.75) is 19.3 Å². The van der Waals surface area contributed by atoms with E-state index in [1.807, 2.05) is 0 Å². The Hall–Kier alpha value is -4.88. The van der Waals surface area contributed by atoms with Gasteiger partial charge in [-0.15, -0.1) is 0 Å². The van der Waals surface area contributed by atoms with Crippen LogP contribution in [0.5, 0.6) is 0 Å². The SMILES string of the molecule is CC1(C)c2ccccc2-c2c1ccc1c3ccccc3n(-c3ccc4c5ccccc5c5ccccc5c4c3)c21. The Labute approximate surface area is 232 Å². The summed E-state index contributed by atoms with van der Waals surface area (Å²) in [6.45, 7) is 4.73. The highest BCUT2D eigenvalue weighted by Crippen LogP contribution is 2.53. The normalized spacial score (nSPS) is 13.9. The number of aromatic nitrogens is 1. The summed E-state index contributed by atoms with van der Waals surface area (Å²) in [4.78, 5) is 0. The average molecular weight is 510 g/mol. The van der Waals surface area contributed by atoms with Crippen molar-refractivity contribution in [2.24, 2.45) is 0 Å². The molecule has 1 aliphatic carbocycles.